The van der Waals surface area contributed by atoms with E-state index in [-0.39, 0.29) is 0 Å². The van der Waals surface area contributed by atoms with Gasteiger partial charge < -0.3 is 9.47 Å². The van der Waals surface area contributed by atoms with Gasteiger partial charge in [0.05, 0.1) is 13.2 Å². The predicted molar refractivity (Wildman–Crippen MR) is 74.6 cm³/mol. The van der Waals surface area contributed by atoms with E-state index in [9.17, 15) is 0 Å². The minimum Gasteiger partial charge on any atom is -0.382 e. The van der Waals surface area contributed by atoms with Gasteiger partial charge in [-0.2, -0.15) is 0 Å². The molecule has 1 aromatic rings. The van der Waals surface area contributed by atoms with Crippen molar-refractivity contribution in [2.75, 3.05) is 26.9 Å². The Morgan fingerprint density at radius 1 is 1.12 bits per heavy atom. The highest BCUT2D eigenvalue weighted by atomic mass is 79.9. The van der Waals surface area contributed by atoms with Crippen LogP contribution in [0.3, 0.4) is 0 Å². The van der Waals surface area contributed by atoms with Crippen LogP contribution in [0, 0.1) is 5.92 Å². The first-order valence-electron chi connectivity index (χ1n) is 6.01. The van der Waals surface area contributed by atoms with Gasteiger partial charge in [0.25, 0.3) is 0 Å². The fraction of sp³-hybridized carbons (Fsp3) is 0.571. The minimum absolute atomic E-state index is 0.398. The Morgan fingerprint density at radius 3 is 2.47 bits per heavy atom. The molecule has 0 bridgehead atoms. The Hall–Kier alpha value is -0.380. The van der Waals surface area contributed by atoms with Crippen LogP contribution < -0.4 is 0 Å². The monoisotopic (exact) mass is 300 g/mol. The summed E-state index contributed by atoms with van der Waals surface area (Å²) in [4.78, 5) is 0.398. The fourth-order valence-electron chi connectivity index (χ4n) is 1.63. The molecular weight excluding hydrogens is 280 g/mol. The van der Waals surface area contributed by atoms with E-state index in [1.54, 1.807) is 7.11 Å². The lowest BCUT2D eigenvalue weighted by atomic mass is 9.98. The van der Waals surface area contributed by atoms with Crippen molar-refractivity contribution in [3.8, 4) is 0 Å². The summed E-state index contributed by atoms with van der Waals surface area (Å²) in [5.74, 6) is 0.556. The first-order valence-corrected chi connectivity index (χ1v) is 6.93. The highest BCUT2D eigenvalue weighted by molar-refractivity contribution is 9.09. The molecule has 17 heavy (non-hydrogen) atoms. The van der Waals surface area contributed by atoms with Gasteiger partial charge >= 0.3 is 0 Å². The van der Waals surface area contributed by atoms with Crippen molar-refractivity contribution in [2.24, 2.45) is 5.92 Å². The van der Waals surface area contributed by atoms with Gasteiger partial charge in [0.15, 0.2) is 0 Å². The summed E-state index contributed by atoms with van der Waals surface area (Å²) < 4.78 is 10.4. The lowest BCUT2D eigenvalue weighted by molar-refractivity contribution is 0.0645. The lowest BCUT2D eigenvalue weighted by Crippen LogP contribution is -2.09. The van der Waals surface area contributed by atoms with E-state index in [1.807, 2.05) is 6.07 Å². The second kappa shape index (κ2) is 8.67. The molecule has 1 rings (SSSR count). The second-order valence-electron chi connectivity index (χ2n) is 4.18. The number of rotatable bonds is 8. The van der Waals surface area contributed by atoms with Crippen molar-refractivity contribution in [2.45, 2.75) is 18.2 Å². The lowest BCUT2D eigenvalue weighted by Gasteiger charge is -2.18. The molecule has 2 atom stereocenters. The highest BCUT2D eigenvalue weighted by Crippen LogP contribution is 2.32. The second-order valence-corrected chi connectivity index (χ2v) is 5.17. The molecule has 0 aromatic heterocycles. The molecular formula is C14H21BrO2. The van der Waals surface area contributed by atoms with Crippen molar-refractivity contribution in [1.29, 1.82) is 0 Å². The Labute approximate surface area is 112 Å². The summed E-state index contributed by atoms with van der Waals surface area (Å²) in [6, 6.07) is 10.5. The molecule has 2 nitrogen and oxygen atoms in total. The average Bonchev–Trinajstić information content (AvgIpc) is 2.38. The van der Waals surface area contributed by atoms with E-state index in [2.05, 4.69) is 47.1 Å². The molecule has 0 spiro atoms. The van der Waals surface area contributed by atoms with Gasteiger partial charge in [-0.25, -0.2) is 0 Å². The summed E-state index contributed by atoms with van der Waals surface area (Å²) in [6.07, 6.45) is 1.05. The molecule has 96 valence electrons. The van der Waals surface area contributed by atoms with Crippen LogP contribution in [0.4, 0.5) is 0 Å². The Morgan fingerprint density at radius 2 is 1.82 bits per heavy atom. The zero-order valence-corrected chi connectivity index (χ0v) is 12.2. The van der Waals surface area contributed by atoms with Gasteiger partial charge in [0.1, 0.15) is 0 Å². The normalized spacial score (nSPS) is 14.5. The molecule has 0 aliphatic heterocycles. The molecule has 0 aliphatic rings. The SMILES string of the molecule is COCCOCCC(C)C(Br)c1ccccc1. The molecule has 0 saturated heterocycles. The quantitative estimate of drug-likeness (QED) is 0.537. The van der Waals surface area contributed by atoms with E-state index in [1.165, 1.54) is 5.56 Å². The topological polar surface area (TPSA) is 18.5 Å². The van der Waals surface area contributed by atoms with Crippen molar-refractivity contribution in [1.82, 2.24) is 0 Å². The maximum atomic E-state index is 5.48. The zero-order chi connectivity index (χ0) is 12.5. The summed E-state index contributed by atoms with van der Waals surface area (Å²) in [7, 11) is 1.69. The maximum absolute atomic E-state index is 5.48. The van der Waals surface area contributed by atoms with Crippen LogP contribution in [-0.4, -0.2) is 26.9 Å². The number of hydrogen-bond donors (Lipinski definition) is 0. The molecule has 3 heteroatoms. The third kappa shape index (κ3) is 5.66. The molecule has 0 saturated carbocycles. The number of halogens is 1. The third-order valence-corrected chi connectivity index (χ3v) is 4.20. The number of methoxy groups -OCH3 is 1. The maximum Gasteiger partial charge on any atom is 0.0700 e. The molecule has 0 fully saturated rings. The molecule has 0 heterocycles. The van der Waals surface area contributed by atoms with Gasteiger partial charge in [0.2, 0.25) is 0 Å². The number of ether oxygens (including phenoxy) is 2. The Kier molecular flexibility index (Phi) is 7.49. The summed E-state index contributed by atoms with van der Waals surface area (Å²) >= 11 is 3.75. The van der Waals surface area contributed by atoms with Crippen LogP contribution >= 0.6 is 15.9 Å². The van der Waals surface area contributed by atoms with Crippen molar-refractivity contribution in [3.63, 3.8) is 0 Å². The van der Waals surface area contributed by atoms with Crippen LogP contribution in [0.2, 0.25) is 0 Å². The van der Waals surface area contributed by atoms with Gasteiger partial charge in [-0.1, -0.05) is 53.2 Å². The van der Waals surface area contributed by atoms with Crippen molar-refractivity contribution >= 4 is 15.9 Å². The van der Waals surface area contributed by atoms with Gasteiger partial charge in [-0.05, 0) is 17.9 Å². The zero-order valence-electron chi connectivity index (χ0n) is 10.6. The summed E-state index contributed by atoms with van der Waals surface area (Å²) in [5.41, 5.74) is 1.33. The van der Waals surface area contributed by atoms with Crippen LogP contribution in [0.5, 0.6) is 0 Å². The standard InChI is InChI=1S/C14H21BrO2/c1-12(8-9-17-11-10-16-2)14(15)13-6-4-3-5-7-13/h3-7,12,14H,8-11H2,1-2H3. The van der Waals surface area contributed by atoms with Crippen LogP contribution in [0.15, 0.2) is 30.3 Å². The first-order chi connectivity index (χ1) is 8.25. The summed E-state index contributed by atoms with van der Waals surface area (Å²) in [6.45, 7) is 4.39. The largest absolute Gasteiger partial charge is 0.382 e. The van der Waals surface area contributed by atoms with E-state index in [0.29, 0.717) is 24.0 Å². The fourth-order valence-corrected chi connectivity index (χ4v) is 2.19. The van der Waals surface area contributed by atoms with Gasteiger partial charge in [0, 0.05) is 18.5 Å². The molecule has 0 aliphatic carbocycles. The molecule has 0 amide bonds. The first kappa shape index (κ1) is 14.7. The molecule has 0 radical (unpaired) electrons. The number of benzene rings is 1. The Balaban J connectivity index is 2.25. The van der Waals surface area contributed by atoms with Gasteiger partial charge in [-0.15, -0.1) is 0 Å². The van der Waals surface area contributed by atoms with Crippen LogP contribution in [0.25, 0.3) is 0 Å². The highest BCUT2D eigenvalue weighted by Gasteiger charge is 2.15. The smallest absolute Gasteiger partial charge is 0.0700 e. The summed E-state index contributed by atoms with van der Waals surface area (Å²) in [5, 5.41) is 0. The van der Waals surface area contributed by atoms with Crippen molar-refractivity contribution in [3.05, 3.63) is 35.9 Å². The van der Waals surface area contributed by atoms with E-state index in [4.69, 9.17) is 9.47 Å². The predicted octanol–water partition coefficient (Wildman–Crippen LogP) is 3.81. The minimum atomic E-state index is 0.398. The third-order valence-electron chi connectivity index (χ3n) is 2.77. The number of hydrogen-bond acceptors (Lipinski definition) is 2. The van der Waals surface area contributed by atoms with E-state index < -0.39 is 0 Å². The Bertz CT molecular complexity index is 290. The van der Waals surface area contributed by atoms with Crippen LogP contribution in [0.1, 0.15) is 23.7 Å². The molecule has 1 aromatic carbocycles. The number of alkyl halides is 1. The average molecular weight is 301 g/mol. The van der Waals surface area contributed by atoms with Crippen LogP contribution in [-0.2, 0) is 9.47 Å². The van der Waals surface area contributed by atoms with E-state index >= 15 is 0 Å². The van der Waals surface area contributed by atoms with E-state index in [0.717, 1.165) is 13.0 Å². The molecule has 0 N–H and O–H groups in total. The van der Waals surface area contributed by atoms with Crippen molar-refractivity contribution < 1.29 is 9.47 Å². The van der Waals surface area contributed by atoms with Gasteiger partial charge in [-0.3, -0.25) is 0 Å². The molecule has 2 unspecified atom stereocenters.